The molecule has 20 heavy (non-hydrogen) atoms. The molecule has 0 aromatic heterocycles. The maximum Gasteiger partial charge on any atom is 0.328 e. The number of carboxylic acids is 1. The first-order valence-corrected chi connectivity index (χ1v) is 6.78. The minimum absolute atomic E-state index is 0.633. The van der Waals surface area contributed by atoms with Gasteiger partial charge in [-0.25, -0.2) is 4.79 Å². The Bertz CT molecular complexity index is 477. The third kappa shape index (κ3) is 4.61. The molecule has 4 nitrogen and oxygen atoms in total. The average molecular weight is 278 g/mol. The maximum atomic E-state index is 11.0. The molecule has 0 spiro atoms. The van der Waals surface area contributed by atoms with Crippen LogP contribution >= 0.6 is 0 Å². The number of rotatable bonds is 8. The summed E-state index contributed by atoms with van der Waals surface area (Å²) in [5.74, 6) is 0.386. The SMILES string of the molecule is CCCCCC(=CC(=O)O)c1ccc(OC)cc1OC. The van der Waals surface area contributed by atoms with Crippen LogP contribution in [0.5, 0.6) is 11.5 Å². The van der Waals surface area contributed by atoms with Crippen LogP contribution in [0.15, 0.2) is 24.3 Å². The zero-order valence-corrected chi connectivity index (χ0v) is 12.3. The minimum Gasteiger partial charge on any atom is -0.497 e. The second-order valence-corrected chi connectivity index (χ2v) is 4.53. The normalized spacial score (nSPS) is 11.2. The highest BCUT2D eigenvalue weighted by Crippen LogP contribution is 2.32. The number of allylic oxidation sites excluding steroid dienone is 1. The lowest BCUT2D eigenvalue weighted by molar-refractivity contribution is -0.131. The molecule has 1 N–H and O–H groups in total. The molecule has 0 unspecified atom stereocenters. The summed E-state index contributed by atoms with van der Waals surface area (Å²) in [4.78, 5) is 11.0. The molecule has 0 radical (unpaired) electrons. The summed E-state index contributed by atoms with van der Waals surface area (Å²) < 4.78 is 10.5. The van der Waals surface area contributed by atoms with Gasteiger partial charge in [0.1, 0.15) is 11.5 Å². The van der Waals surface area contributed by atoms with Crippen molar-refractivity contribution in [3.63, 3.8) is 0 Å². The van der Waals surface area contributed by atoms with Gasteiger partial charge in [0.25, 0.3) is 0 Å². The molecule has 1 aromatic carbocycles. The van der Waals surface area contributed by atoms with Crippen LogP contribution in [0.4, 0.5) is 0 Å². The summed E-state index contributed by atoms with van der Waals surface area (Å²) >= 11 is 0. The van der Waals surface area contributed by atoms with Gasteiger partial charge in [-0.15, -0.1) is 0 Å². The van der Waals surface area contributed by atoms with Crippen LogP contribution in [0.1, 0.15) is 38.2 Å². The molecule has 0 saturated heterocycles. The van der Waals surface area contributed by atoms with Gasteiger partial charge >= 0.3 is 5.97 Å². The zero-order chi connectivity index (χ0) is 15.0. The van der Waals surface area contributed by atoms with Crippen LogP contribution in [-0.4, -0.2) is 25.3 Å². The first-order chi connectivity index (χ1) is 9.62. The van der Waals surface area contributed by atoms with E-state index in [-0.39, 0.29) is 0 Å². The van der Waals surface area contributed by atoms with E-state index in [1.54, 1.807) is 20.3 Å². The van der Waals surface area contributed by atoms with Crippen molar-refractivity contribution < 1.29 is 19.4 Å². The van der Waals surface area contributed by atoms with Crippen molar-refractivity contribution in [2.24, 2.45) is 0 Å². The first kappa shape index (κ1) is 16.1. The Hall–Kier alpha value is -1.97. The molecule has 110 valence electrons. The lowest BCUT2D eigenvalue weighted by Gasteiger charge is -2.13. The molecule has 0 aliphatic rings. The van der Waals surface area contributed by atoms with E-state index in [0.29, 0.717) is 11.5 Å². The molecular weight excluding hydrogens is 256 g/mol. The van der Waals surface area contributed by atoms with E-state index in [1.807, 2.05) is 12.1 Å². The number of methoxy groups -OCH3 is 2. The third-order valence-electron chi connectivity index (χ3n) is 3.10. The van der Waals surface area contributed by atoms with Crippen LogP contribution in [0.2, 0.25) is 0 Å². The molecule has 4 heteroatoms. The second kappa shape index (κ2) is 8.25. The summed E-state index contributed by atoms with van der Waals surface area (Å²) in [5.41, 5.74) is 1.59. The van der Waals surface area contributed by atoms with Crippen LogP contribution in [0.25, 0.3) is 5.57 Å². The number of unbranched alkanes of at least 4 members (excludes halogenated alkanes) is 2. The fraction of sp³-hybridized carbons (Fsp3) is 0.438. The smallest absolute Gasteiger partial charge is 0.328 e. The summed E-state index contributed by atoms with van der Waals surface area (Å²) in [6.07, 6.45) is 5.13. The second-order valence-electron chi connectivity index (χ2n) is 4.53. The summed E-state index contributed by atoms with van der Waals surface area (Å²) in [5, 5.41) is 9.02. The van der Waals surface area contributed by atoms with Crippen molar-refractivity contribution in [2.45, 2.75) is 32.6 Å². The summed E-state index contributed by atoms with van der Waals surface area (Å²) in [6, 6.07) is 5.43. The molecule has 0 atom stereocenters. The van der Waals surface area contributed by atoms with Crippen LogP contribution in [0.3, 0.4) is 0 Å². The zero-order valence-electron chi connectivity index (χ0n) is 12.3. The first-order valence-electron chi connectivity index (χ1n) is 6.78. The Morgan fingerprint density at radius 2 is 2.00 bits per heavy atom. The Kier molecular flexibility index (Phi) is 6.64. The number of benzene rings is 1. The van der Waals surface area contributed by atoms with E-state index in [1.165, 1.54) is 6.08 Å². The number of carboxylic acid groups (broad SMARTS) is 1. The Balaban J connectivity index is 3.09. The van der Waals surface area contributed by atoms with E-state index < -0.39 is 5.97 Å². The molecule has 0 amide bonds. The molecule has 0 heterocycles. The number of aliphatic carboxylic acids is 1. The Morgan fingerprint density at radius 1 is 1.25 bits per heavy atom. The fourth-order valence-corrected chi connectivity index (χ4v) is 2.06. The lowest BCUT2D eigenvalue weighted by atomic mass is 9.98. The van der Waals surface area contributed by atoms with Crippen LogP contribution in [0, 0.1) is 0 Å². The van der Waals surface area contributed by atoms with Crippen molar-refractivity contribution in [2.75, 3.05) is 14.2 Å². The largest absolute Gasteiger partial charge is 0.497 e. The van der Waals surface area contributed by atoms with Gasteiger partial charge in [0.15, 0.2) is 0 Å². The highest BCUT2D eigenvalue weighted by molar-refractivity contribution is 5.91. The minimum atomic E-state index is -0.936. The van der Waals surface area contributed by atoms with Gasteiger partial charge in [0.05, 0.1) is 14.2 Å². The highest BCUT2D eigenvalue weighted by Gasteiger charge is 2.11. The van der Waals surface area contributed by atoms with E-state index in [4.69, 9.17) is 14.6 Å². The summed E-state index contributed by atoms with van der Waals surface area (Å²) in [6.45, 7) is 2.12. The van der Waals surface area contributed by atoms with Crippen molar-refractivity contribution >= 4 is 11.5 Å². The predicted octanol–water partition coefficient (Wildman–Crippen LogP) is 3.75. The average Bonchev–Trinajstić information content (AvgIpc) is 2.45. The van der Waals surface area contributed by atoms with E-state index in [0.717, 1.165) is 36.8 Å². The molecule has 1 rings (SSSR count). The molecule has 0 saturated carbocycles. The Labute approximate surface area is 120 Å². The van der Waals surface area contributed by atoms with Crippen LogP contribution in [-0.2, 0) is 4.79 Å². The van der Waals surface area contributed by atoms with E-state index in [2.05, 4.69) is 6.92 Å². The fourth-order valence-electron chi connectivity index (χ4n) is 2.06. The number of hydrogen-bond acceptors (Lipinski definition) is 3. The van der Waals surface area contributed by atoms with Gasteiger partial charge in [0.2, 0.25) is 0 Å². The van der Waals surface area contributed by atoms with Crippen molar-refractivity contribution in [3.05, 3.63) is 29.8 Å². The molecule has 0 aliphatic carbocycles. The van der Waals surface area contributed by atoms with Crippen molar-refractivity contribution in [1.29, 1.82) is 0 Å². The van der Waals surface area contributed by atoms with E-state index >= 15 is 0 Å². The molecule has 1 aromatic rings. The molecule has 0 fully saturated rings. The predicted molar refractivity (Wildman–Crippen MR) is 79.3 cm³/mol. The van der Waals surface area contributed by atoms with Crippen LogP contribution < -0.4 is 9.47 Å². The van der Waals surface area contributed by atoms with Gasteiger partial charge in [-0.3, -0.25) is 0 Å². The van der Waals surface area contributed by atoms with Crippen molar-refractivity contribution in [3.8, 4) is 11.5 Å². The van der Waals surface area contributed by atoms with E-state index in [9.17, 15) is 4.79 Å². The summed E-state index contributed by atoms with van der Waals surface area (Å²) in [7, 11) is 3.16. The molecular formula is C16H22O4. The van der Waals surface area contributed by atoms with Gasteiger partial charge in [0, 0.05) is 17.7 Å². The van der Waals surface area contributed by atoms with Crippen molar-refractivity contribution in [1.82, 2.24) is 0 Å². The standard InChI is InChI=1S/C16H22O4/c1-4-5-6-7-12(10-16(17)18)14-9-8-13(19-2)11-15(14)20-3/h8-11H,4-7H2,1-3H3,(H,17,18). The van der Waals surface area contributed by atoms with Gasteiger partial charge < -0.3 is 14.6 Å². The number of hydrogen-bond donors (Lipinski definition) is 1. The third-order valence-corrected chi connectivity index (χ3v) is 3.10. The quantitative estimate of drug-likeness (QED) is 0.581. The lowest BCUT2D eigenvalue weighted by Crippen LogP contribution is -1.97. The monoisotopic (exact) mass is 278 g/mol. The maximum absolute atomic E-state index is 11.0. The molecule has 0 aliphatic heterocycles. The number of ether oxygens (including phenoxy) is 2. The van der Waals surface area contributed by atoms with Gasteiger partial charge in [-0.1, -0.05) is 19.8 Å². The number of carbonyl (C=O) groups is 1. The topological polar surface area (TPSA) is 55.8 Å². The van der Waals surface area contributed by atoms with Gasteiger partial charge in [-0.2, -0.15) is 0 Å². The Morgan fingerprint density at radius 3 is 2.55 bits per heavy atom. The van der Waals surface area contributed by atoms with Gasteiger partial charge in [-0.05, 0) is 30.5 Å². The molecule has 0 bridgehead atoms. The highest BCUT2D eigenvalue weighted by atomic mass is 16.5.